The van der Waals surface area contributed by atoms with Crippen molar-refractivity contribution in [3.63, 3.8) is 0 Å². The van der Waals surface area contributed by atoms with Crippen molar-refractivity contribution in [1.82, 2.24) is 14.5 Å². The van der Waals surface area contributed by atoms with Gasteiger partial charge in [0.1, 0.15) is 5.82 Å². The van der Waals surface area contributed by atoms with E-state index in [1.54, 1.807) is 18.5 Å². The minimum Gasteiger partial charge on any atom is -0.326 e. The maximum Gasteiger partial charge on any atom is 0.140 e. The zero-order valence-electron chi connectivity index (χ0n) is 9.83. The van der Waals surface area contributed by atoms with E-state index in [2.05, 4.69) is 16.0 Å². The van der Waals surface area contributed by atoms with Gasteiger partial charge in [0.2, 0.25) is 0 Å². The number of nitriles is 1. The molecule has 0 aliphatic heterocycles. The summed E-state index contributed by atoms with van der Waals surface area (Å²) in [6, 6.07) is 11.5. The molecule has 0 aliphatic carbocycles. The van der Waals surface area contributed by atoms with Crippen LogP contribution in [0.25, 0.3) is 22.4 Å². The van der Waals surface area contributed by atoms with Crippen LogP contribution in [-0.4, -0.2) is 14.5 Å². The predicted molar refractivity (Wildman–Crippen MR) is 68.7 cm³/mol. The second-order valence-electron chi connectivity index (χ2n) is 4.05. The molecule has 86 valence electrons. The molecule has 18 heavy (non-hydrogen) atoms. The zero-order valence-corrected chi connectivity index (χ0v) is 9.83. The highest BCUT2D eigenvalue weighted by atomic mass is 15.1. The van der Waals surface area contributed by atoms with E-state index in [-0.39, 0.29) is 0 Å². The molecule has 0 saturated carbocycles. The highest BCUT2D eigenvalue weighted by molar-refractivity contribution is 5.79. The third-order valence-corrected chi connectivity index (χ3v) is 2.93. The third kappa shape index (κ3) is 1.54. The first kappa shape index (κ1) is 10.5. The minimum absolute atomic E-state index is 0.637. The molecule has 3 aromatic rings. The molecule has 0 saturated heterocycles. The Hall–Kier alpha value is -2.67. The minimum atomic E-state index is 0.637. The standard InChI is InChI=1S/C14H10N4/c1-18-13-9-16-6-5-12(13)17-14(18)11-4-2-3-10(7-11)8-15/h2-7,9H,1H3. The van der Waals surface area contributed by atoms with Crippen molar-refractivity contribution in [3.05, 3.63) is 48.3 Å². The van der Waals surface area contributed by atoms with Crippen molar-refractivity contribution >= 4 is 11.0 Å². The molecule has 0 atom stereocenters. The quantitative estimate of drug-likeness (QED) is 0.650. The van der Waals surface area contributed by atoms with Crippen LogP contribution in [0.1, 0.15) is 5.56 Å². The lowest BCUT2D eigenvalue weighted by Gasteiger charge is -2.02. The molecule has 0 N–H and O–H groups in total. The van der Waals surface area contributed by atoms with E-state index >= 15 is 0 Å². The second kappa shape index (κ2) is 3.97. The third-order valence-electron chi connectivity index (χ3n) is 2.93. The van der Waals surface area contributed by atoms with Gasteiger partial charge < -0.3 is 4.57 Å². The summed E-state index contributed by atoms with van der Waals surface area (Å²) in [5, 5.41) is 8.93. The van der Waals surface area contributed by atoms with Gasteiger partial charge in [-0.25, -0.2) is 4.98 Å². The fraction of sp³-hybridized carbons (Fsp3) is 0.0714. The molecule has 0 fully saturated rings. The Morgan fingerprint density at radius 1 is 1.28 bits per heavy atom. The molecule has 4 heteroatoms. The smallest absolute Gasteiger partial charge is 0.140 e. The van der Waals surface area contributed by atoms with Crippen LogP contribution in [0.2, 0.25) is 0 Å². The van der Waals surface area contributed by atoms with E-state index in [0.717, 1.165) is 22.4 Å². The van der Waals surface area contributed by atoms with Gasteiger partial charge in [-0.2, -0.15) is 5.26 Å². The summed E-state index contributed by atoms with van der Waals surface area (Å²) in [5.74, 6) is 0.843. The number of hydrogen-bond donors (Lipinski definition) is 0. The molecule has 0 spiro atoms. The van der Waals surface area contributed by atoms with E-state index in [0.29, 0.717) is 5.56 Å². The molecule has 0 amide bonds. The van der Waals surface area contributed by atoms with Crippen LogP contribution in [0.15, 0.2) is 42.7 Å². The lowest BCUT2D eigenvalue weighted by atomic mass is 10.1. The van der Waals surface area contributed by atoms with Crippen molar-refractivity contribution in [2.75, 3.05) is 0 Å². The van der Waals surface area contributed by atoms with E-state index in [9.17, 15) is 0 Å². The Balaban J connectivity index is 2.25. The molecule has 1 aromatic carbocycles. The Morgan fingerprint density at radius 2 is 2.17 bits per heavy atom. The van der Waals surface area contributed by atoms with Crippen LogP contribution in [0, 0.1) is 11.3 Å². The Kier molecular flexibility index (Phi) is 2.31. The molecule has 2 heterocycles. The summed E-state index contributed by atoms with van der Waals surface area (Å²) < 4.78 is 1.98. The number of aryl methyl sites for hydroxylation is 1. The first-order valence-electron chi connectivity index (χ1n) is 5.56. The molecular weight excluding hydrogens is 224 g/mol. The summed E-state index contributed by atoms with van der Waals surface area (Å²) in [6.07, 6.45) is 3.52. The average molecular weight is 234 g/mol. The molecule has 0 radical (unpaired) electrons. The first-order chi connectivity index (χ1) is 8.79. The Morgan fingerprint density at radius 3 is 2.94 bits per heavy atom. The summed E-state index contributed by atoms with van der Waals surface area (Å²) in [5.41, 5.74) is 3.46. The second-order valence-corrected chi connectivity index (χ2v) is 4.05. The largest absolute Gasteiger partial charge is 0.326 e. The van der Waals surface area contributed by atoms with Crippen LogP contribution >= 0.6 is 0 Å². The van der Waals surface area contributed by atoms with E-state index in [4.69, 9.17) is 5.26 Å². The van der Waals surface area contributed by atoms with Crippen LogP contribution in [0.5, 0.6) is 0 Å². The van der Waals surface area contributed by atoms with Crippen LogP contribution < -0.4 is 0 Å². The van der Waals surface area contributed by atoms with Gasteiger partial charge in [-0.15, -0.1) is 0 Å². The molecule has 4 nitrogen and oxygen atoms in total. The van der Waals surface area contributed by atoms with Crippen molar-refractivity contribution < 1.29 is 0 Å². The van der Waals surface area contributed by atoms with Crippen molar-refractivity contribution in [1.29, 1.82) is 5.26 Å². The van der Waals surface area contributed by atoms with E-state index in [1.807, 2.05) is 35.9 Å². The summed E-state index contributed by atoms with van der Waals surface area (Å²) >= 11 is 0. The van der Waals surface area contributed by atoms with Crippen molar-refractivity contribution in [3.8, 4) is 17.5 Å². The molecule has 3 rings (SSSR count). The van der Waals surface area contributed by atoms with Gasteiger partial charge in [-0.05, 0) is 18.2 Å². The maximum absolute atomic E-state index is 8.93. The first-order valence-corrected chi connectivity index (χ1v) is 5.56. The fourth-order valence-corrected chi connectivity index (χ4v) is 2.02. The molecule has 0 aliphatic rings. The lowest BCUT2D eigenvalue weighted by molar-refractivity contribution is 0.956. The van der Waals surface area contributed by atoms with Gasteiger partial charge >= 0.3 is 0 Å². The van der Waals surface area contributed by atoms with Gasteiger partial charge in [-0.1, -0.05) is 12.1 Å². The van der Waals surface area contributed by atoms with Gasteiger partial charge in [0.05, 0.1) is 28.9 Å². The van der Waals surface area contributed by atoms with Crippen LogP contribution in [0.3, 0.4) is 0 Å². The number of hydrogen-bond acceptors (Lipinski definition) is 3. The number of nitrogens with zero attached hydrogens (tertiary/aromatic N) is 4. The topological polar surface area (TPSA) is 54.5 Å². The molecular formula is C14H10N4. The molecule has 0 bridgehead atoms. The number of pyridine rings is 1. The van der Waals surface area contributed by atoms with Crippen molar-refractivity contribution in [2.24, 2.45) is 7.05 Å². The van der Waals surface area contributed by atoms with Crippen LogP contribution in [0.4, 0.5) is 0 Å². The summed E-state index contributed by atoms with van der Waals surface area (Å²) in [6.45, 7) is 0. The highest BCUT2D eigenvalue weighted by Gasteiger charge is 2.09. The van der Waals surface area contributed by atoms with Gasteiger partial charge in [0.25, 0.3) is 0 Å². The maximum atomic E-state index is 8.93. The number of aromatic nitrogens is 3. The Bertz CT molecular complexity index is 765. The number of rotatable bonds is 1. The monoisotopic (exact) mass is 234 g/mol. The van der Waals surface area contributed by atoms with Gasteiger partial charge in [-0.3, -0.25) is 4.98 Å². The average Bonchev–Trinajstić information content (AvgIpc) is 2.77. The molecule has 2 aromatic heterocycles. The summed E-state index contributed by atoms with van der Waals surface area (Å²) in [7, 11) is 1.95. The summed E-state index contributed by atoms with van der Waals surface area (Å²) in [4.78, 5) is 8.67. The molecule has 0 unspecified atom stereocenters. The number of benzene rings is 1. The Labute approximate surface area is 104 Å². The zero-order chi connectivity index (χ0) is 12.5. The van der Waals surface area contributed by atoms with Gasteiger partial charge in [0, 0.05) is 18.8 Å². The fourth-order valence-electron chi connectivity index (χ4n) is 2.02. The van der Waals surface area contributed by atoms with Crippen molar-refractivity contribution in [2.45, 2.75) is 0 Å². The normalized spacial score (nSPS) is 10.4. The highest BCUT2D eigenvalue weighted by Crippen LogP contribution is 2.23. The van der Waals surface area contributed by atoms with Gasteiger partial charge in [0.15, 0.2) is 0 Å². The predicted octanol–water partition coefficient (Wildman–Crippen LogP) is 2.51. The van der Waals surface area contributed by atoms with E-state index < -0.39 is 0 Å². The number of imidazole rings is 1. The SMILES string of the molecule is Cn1c(-c2cccc(C#N)c2)nc2ccncc21. The lowest BCUT2D eigenvalue weighted by Crippen LogP contribution is -1.92. The van der Waals surface area contributed by atoms with E-state index in [1.165, 1.54) is 0 Å². The number of fused-ring (bicyclic) bond motifs is 1. The van der Waals surface area contributed by atoms with Crippen LogP contribution in [-0.2, 0) is 7.05 Å².